The molecule has 0 spiro atoms. The summed E-state index contributed by atoms with van der Waals surface area (Å²) in [6.45, 7) is 9.77. The molecule has 0 aromatic rings. The minimum absolute atomic E-state index is 0. The molecule has 166 valence electrons. The van der Waals surface area contributed by atoms with Crippen molar-refractivity contribution in [3.8, 4) is 0 Å². The van der Waals surface area contributed by atoms with Gasteiger partial charge in [0, 0.05) is 5.92 Å². The average Bonchev–Trinajstić information content (AvgIpc) is 3.19. The van der Waals surface area contributed by atoms with Crippen LogP contribution in [0.2, 0.25) is 0 Å². The third kappa shape index (κ3) is 6.30. The molecule has 3 rings (SSSR count). The smallest absolute Gasteiger partial charge is 0.862 e. The van der Waals surface area contributed by atoms with E-state index in [4.69, 9.17) is 21.0 Å². The van der Waals surface area contributed by atoms with Crippen molar-refractivity contribution in [2.24, 2.45) is 27.7 Å². The molecule has 1 amide bonds. The van der Waals surface area contributed by atoms with Crippen molar-refractivity contribution in [3.05, 3.63) is 53.4 Å². The second-order valence-corrected chi connectivity index (χ2v) is 8.29. The zero-order valence-electron chi connectivity index (χ0n) is 19.2. The van der Waals surface area contributed by atoms with Crippen LogP contribution in [0.1, 0.15) is 39.5 Å². The normalized spacial score (nSPS) is 27.4. The summed E-state index contributed by atoms with van der Waals surface area (Å²) >= 11 is 0. The molecule has 0 aromatic carbocycles. The predicted molar refractivity (Wildman–Crippen MR) is 121 cm³/mol. The quantitative estimate of drug-likeness (QED) is 0.256. The van der Waals surface area contributed by atoms with Crippen molar-refractivity contribution < 1.29 is 43.8 Å². The molecule has 32 heavy (non-hydrogen) atoms. The van der Waals surface area contributed by atoms with Gasteiger partial charge < -0.3 is 30.0 Å². The van der Waals surface area contributed by atoms with E-state index in [9.17, 15) is 10.2 Å². The Kier molecular flexibility index (Phi) is 10.1. The Morgan fingerprint density at radius 2 is 2.09 bits per heavy atom. The third-order valence-electron chi connectivity index (χ3n) is 6.04. The Labute approximate surface area is 212 Å². The fraction of sp³-hybridized carbons (Fsp3) is 0.500. The van der Waals surface area contributed by atoms with Crippen LogP contribution >= 0.6 is 0 Å². The first-order valence-electron chi connectivity index (χ1n) is 10.7. The van der Waals surface area contributed by atoms with Gasteiger partial charge in [-0.25, -0.2) is 4.99 Å². The largest absolute Gasteiger partial charge is 1.00 e. The summed E-state index contributed by atoms with van der Waals surface area (Å²) < 4.78 is 11.6. The van der Waals surface area contributed by atoms with E-state index in [1.807, 2.05) is 6.08 Å². The Morgan fingerprint density at radius 3 is 2.69 bits per heavy atom. The summed E-state index contributed by atoms with van der Waals surface area (Å²) in [5, 5.41) is 12.0. The number of aliphatic imine (C=N–C) groups is 2. The van der Waals surface area contributed by atoms with Crippen molar-refractivity contribution >= 4 is 24.2 Å². The molecule has 8 heteroatoms. The Morgan fingerprint density at radius 1 is 1.38 bits per heavy atom. The van der Waals surface area contributed by atoms with Gasteiger partial charge in [-0.05, 0) is 55.9 Å². The van der Waals surface area contributed by atoms with E-state index < -0.39 is 5.91 Å². The zero-order valence-corrected chi connectivity index (χ0v) is 21.2. The average molecular weight is 445 g/mol. The summed E-state index contributed by atoms with van der Waals surface area (Å²) in [5.41, 5.74) is 0.298. The molecule has 2 aliphatic carbocycles. The van der Waals surface area contributed by atoms with Crippen LogP contribution in [0.25, 0.3) is 5.41 Å². The molecule has 2 atom stereocenters. The van der Waals surface area contributed by atoms with Crippen LogP contribution in [0, 0.1) is 30.5 Å². The van der Waals surface area contributed by atoms with Gasteiger partial charge in [0.15, 0.2) is 11.8 Å². The van der Waals surface area contributed by atoms with Crippen LogP contribution in [-0.4, -0.2) is 43.5 Å². The molecule has 0 radical (unpaired) electrons. The number of methoxy groups -OCH3 is 1. The number of rotatable bonds is 8. The van der Waals surface area contributed by atoms with Crippen molar-refractivity contribution in [3.63, 3.8) is 0 Å². The molecule has 1 heterocycles. The minimum Gasteiger partial charge on any atom is -0.862 e. The molecule has 1 N–H and O–H groups in total. The molecule has 7 nitrogen and oxygen atoms in total. The number of amides is 1. The monoisotopic (exact) mass is 444 g/mol. The number of nitrogens with one attached hydrogen (secondary N) is 1. The first-order valence-corrected chi connectivity index (χ1v) is 10.7. The molecular weight excluding hydrogens is 415 g/mol. The number of hydrogen-bond acceptors (Lipinski definition) is 5. The fourth-order valence-electron chi connectivity index (χ4n) is 4.21. The van der Waals surface area contributed by atoms with E-state index in [1.54, 1.807) is 6.08 Å². The molecule has 1 aliphatic heterocycles. The second-order valence-electron chi connectivity index (χ2n) is 8.29. The number of carbonyl (C=O) groups is 1. The summed E-state index contributed by atoms with van der Waals surface area (Å²) in [4.78, 5) is 21.0. The topological polar surface area (TPSA) is 94.6 Å². The van der Waals surface area contributed by atoms with Gasteiger partial charge in [0.1, 0.15) is 17.9 Å². The molecule has 0 saturated heterocycles. The molecule has 0 bridgehead atoms. The van der Waals surface area contributed by atoms with Crippen LogP contribution in [0.5, 0.6) is 0 Å². The summed E-state index contributed by atoms with van der Waals surface area (Å²) in [7, 11) is 1.53. The van der Waals surface area contributed by atoms with Gasteiger partial charge in [0.25, 0.3) is 0 Å². The maximum Gasteiger partial charge on any atom is 1.00 e. The van der Waals surface area contributed by atoms with Gasteiger partial charge in [-0.2, -0.15) is 6.08 Å². The van der Waals surface area contributed by atoms with Gasteiger partial charge in [-0.1, -0.05) is 25.6 Å². The van der Waals surface area contributed by atoms with E-state index in [0.717, 1.165) is 24.7 Å². The minimum atomic E-state index is -0.588. The molecule has 0 aromatic heterocycles. The number of fused-ring (bicyclic) bond motifs is 1. The molecule has 1 saturated carbocycles. The van der Waals surface area contributed by atoms with Gasteiger partial charge in [0.2, 0.25) is 0 Å². The van der Waals surface area contributed by atoms with Crippen molar-refractivity contribution in [2.75, 3.05) is 7.11 Å². The molecular formula is C24H29N4NaO3-2. The van der Waals surface area contributed by atoms with Crippen LogP contribution in [0.3, 0.4) is 0 Å². The van der Waals surface area contributed by atoms with Gasteiger partial charge >= 0.3 is 29.6 Å². The van der Waals surface area contributed by atoms with Gasteiger partial charge in [0.05, 0.1) is 12.8 Å². The second kappa shape index (κ2) is 12.3. The van der Waals surface area contributed by atoms with E-state index >= 15 is 0 Å². The number of carbonyl (C=O) groups excluding carboxylic acids is 1. The van der Waals surface area contributed by atoms with E-state index in [-0.39, 0.29) is 47.3 Å². The number of allylic oxidation sites excluding steroid dienone is 1. The molecule has 3 aliphatic rings. The SMILES string of the molecule is [CH-]=CC=N[C-]=C(C=[N-])C(=O)NC1=CC2OC(C3CCC(C(C)C)CC3)=NC2C=C1OC.[Na+]. The van der Waals surface area contributed by atoms with E-state index in [2.05, 4.69) is 30.4 Å². The Hall–Kier alpha value is -1.96. The van der Waals surface area contributed by atoms with Crippen LogP contribution in [0.4, 0.5) is 0 Å². The van der Waals surface area contributed by atoms with Gasteiger partial charge in [-0.3, -0.25) is 12.8 Å². The van der Waals surface area contributed by atoms with Gasteiger partial charge in [-0.15, -0.1) is 0 Å². The van der Waals surface area contributed by atoms with Crippen molar-refractivity contribution in [2.45, 2.75) is 51.7 Å². The van der Waals surface area contributed by atoms with Crippen LogP contribution < -0.4 is 34.9 Å². The maximum atomic E-state index is 12.5. The fourth-order valence-corrected chi connectivity index (χ4v) is 4.21. The van der Waals surface area contributed by atoms with Crippen molar-refractivity contribution in [1.82, 2.24) is 5.32 Å². The molecule has 1 fully saturated rings. The predicted octanol–water partition coefficient (Wildman–Crippen LogP) is 0.550. The first-order chi connectivity index (χ1) is 15.0. The zero-order chi connectivity index (χ0) is 22.4. The summed E-state index contributed by atoms with van der Waals surface area (Å²) in [5.74, 6) is 2.53. The van der Waals surface area contributed by atoms with Crippen LogP contribution in [-0.2, 0) is 14.3 Å². The van der Waals surface area contributed by atoms with Crippen LogP contribution in [0.15, 0.2) is 45.2 Å². The maximum absolute atomic E-state index is 12.5. The standard InChI is InChI=1S/C24H29N4O3.Na/c1-5-10-26-14-18(13-25)23(29)27-19-12-22-20(11-21(19)30-4)28-24(31-22)17-8-6-16(7-9-17)15(2)3;/h1,5,10-13,15-17,20,22H,6-9H2,2-4H3,(H,27,29);/q-3;+1. The van der Waals surface area contributed by atoms with E-state index in [0.29, 0.717) is 29.5 Å². The number of hydrogen-bond donors (Lipinski definition) is 1. The molecule has 2 unspecified atom stereocenters. The number of nitrogens with zero attached hydrogens (tertiary/aromatic N) is 3. The first kappa shape index (κ1) is 26.3. The Balaban J connectivity index is 0.00000363. The number of ether oxygens (including phenoxy) is 2. The summed E-state index contributed by atoms with van der Waals surface area (Å²) in [6.07, 6.45) is 13.4. The van der Waals surface area contributed by atoms with Crippen molar-refractivity contribution in [1.29, 1.82) is 0 Å². The third-order valence-corrected chi connectivity index (χ3v) is 6.04. The van der Waals surface area contributed by atoms with E-state index in [1.165, 1.54) is 32.2 Å². The Bertz CT molecular complexity index is 864. The summed E-state index contributed by atoms with van der Waals surface area (Å²) in [6, 6.07) is -0.177.